The molecule has 4 fully saturated rings. The first-order valence-corrected chi connectivity index (χ1v) is 7.89. The van der Waals surface area contributed by atoms with Crippen LogP contribution in [0, 0.1) is 29.1 Å². The first-order valence-electron chi connectivity index (χ1n) is 7.89. The molecule has 0 aromatic rings. The molecular formula is C16H22O5. The average Bonchev–Trinajstić information content (AvgIpc) is 2.36. The number of carboxylic acid groups (broad SMARTS) is 1. The van der Waals surface area contributed by atoms with Gasteiger partial charge < -0.3 is 9.84 Å². The van der Waals surface area contributed by atoms with Gasteiger partial charge in [0.05, 0.1) is 6.61 Å². The van der Waals surface area contributed by atoms with Crippen molar-refractivity contribution < 1.29 is 24.2 Å². The van der Waals surface area contributed by atoms with Crippen LogP contribution in [0.2, 0.25) is 0 Å². The molecule has 116 valence electrons. The Morgan fingerprint density at radius 1 is 1.10 bits per heavy atom. The number of hydrogen-bond acceptors (Lipinski definition) is 4. The molecule has 0 radical (unpaired) electrons. The molecule has 0 heterocycles. The molecule has 1 unspecified atom stereocenters. The zero-order valence-electron chi connectivity index (χ0n) is 12.3. The molecular weight excluding hydrogens is 272 g/mol. The predicted molar refractivity (Wildman–Crippen MR) is 73.4 cm³/mol. The lowest BCUT2D eigenvalue weighted by atomic mass is 9.47. The van der Waals surface area contributed by atoms with Gasteiger partial charge in [-0.3, -0.25) is 14.4 Å². The molecule has 0 aliphatic heterocycles. The minimum Gasteiger partial charge on any atom is -0.480 e. The molecule has 4 bridgehead atoms. The van der Waals surface area contributed by atoms with E-state index in [1.54, 1.807) is 6.92 Å². The molecule has 0 aromatic heterocycles. The van der Waals surface area contributed by atoms with Crippen LogP contribution in [0.4, 0.5) is 0 Å². The van der Waals surface area contributed by atoms with Crippen LogP contribution in [0.1, 0.15) is 45.4 Å². The van der Waals surface area contributed by atoms with Gasteiger partial charge in [-0.2, -0.15) is 0 Å². The van der Waals surface area contributed by atoms with E-state index in [0.29, 0.717) is 17.8 Å². The van der Waals surface area contributed by atoms with Crippen molar-refractivity contribution in [1.29, 1.82) is 0 Å². The second kappa shape index (κ2) is 5.11. The van der Waals surface area contributed by atoms with Crippen molar-refractivity contribution in [2.75, 3.05) is 6.61 Å². The van der Waals surface area contributed by atoms with E-state index < -0.39 is 29.1 Å². The number of esters is 1. The third-order valence-corrected chi connectivity index (χ3v) is 5.59. The van der Waals surface area contributed by atoms with Gasteiger partial charge in [0.2, 0.25) is 5.92 Å². The van der Waals surface area contributed by atoms with Gasteiger partial charge in [-0.05, 0) is 63.2 Å². The molecule has 0 saturated heterocycles. The topological polar surface area (TPSA) is 80.7 Å². The number of Topliss-reactive ketones (excluding diaryl/α,β-unsaturated/α-hetero) is 1. The van der Waals surface area contributed by atoms with Gasteiger partial charge in [-0.25, -0.2) is 0 Å². The number of rotatable bonds is 5. The molecule has 0 spiro atoms. The van der Waals surface area contributed by atoms with E-state index in [4.69, 9.17) is 4.74 Å². The van der Waals surface area contributed by atoms with Crippen molar-refractivity contribution in [3.63, 3.8) is 0 Å². The quantitative estimate of drug-likeness (QED) is 0.620. The van der Waals surface area contributed by atoms with E-state index in [-0.39, 0.29) is 6.61 Å². The first-order chi connectivity index (χ1) is 9.95. The monoisotopic (exact) mass is 294 g/mol. The molecule has 4 rings (SSSR count). The second-order valence-electron chi connectivity index (χ2n) is 7.09. The van der Waals surface area contributed by atoms with Crippen LogP contribution in [-0.4, -0.2) is 29.4 Å². The molecule has 4 aliphatic carbocycles. The summed E-state index contributed by atoms with van der Waals surface area (Å²) in [5, 5.41) is 9.32. The van der Waals surface area contributed by atoms with Gasteiger partial charge in [0.15, 0.2) is 5.78 Å². The highest BCUT2D eigenvalue weighted by molar-refractivity contribution is 6.16. The molecule has 1 atom stereocenters. The zero-order chi connectivity index (χ0) is 15.2. The Morgan fingerprint density at radius 2 is 1.57 bits per heavy atom. The summed E-state index contributed by atoms with van der Waals surface area (Å²) in [6.07, 6.45) is 5.81. The van der Waals surface area contributed by atoms with Crippen molar-refractivity contribution >= 4 is 17.7 Å². The zero-order valence-corrected chi connectivity index (χ0v) is 12.3. The Labute approximate surface area is 124 Å². The van der Waals surface area contributed by atoms with Crippen molar-refractivity contribution in [2.45, 2.75) is 45.4 Å². The molecule has 4 saturated carbocycles. The van der Waals surface area contributed by atoms with Gasteiger partial charge in [-0.1, -0.05) is 0 Å². The molecule has 21 heavy (non-hydrogen) atoms. The lowest BCUT2D eigenvalue weighted by Crippen LogP contribution is -2.54. The van der Waals surface area contributed by atoms with E-state index in [1.165, 1.54) is 19.3 Å². The van der Waals surface area contributed by atoms with Crippen molar-refractivity contribution in [2.24, 2.45) is 29.1 Å². The summed E-state index contributed by atoms with van der Waals surface area (Å²) in [4.78, 5) is 36.2. The smallest absolute Gasteiger partial charge is 0.328 e. The third-order valence-electron chi connectivity index (χ3n) is 5.59. The Balaban J connectivity index is 1.86. The number of ether oxygens (including phenoxy) is 1. The Hall–Kier alpha value is -1.39. The van der Waals surface area contributed by atoms with Crippen LogP contribution >= 0.6 is 0 Å². The Bertz CT molecular complexity index is 446. The van der Waals surface area contributed by atoms with Gasteiger partial charge >= 0.3 is 11.9 Å². The van der Waals surface area contributed by atoms with Crippen LogP contribution in [0.15, 0.2) is 0 Å². The fourth-order valence-corrected chi connectivity index (χ4v) is 5.26. The van der Waals surface area contributed by atoms with Crippen LogP contribution in [-0.2, 0) is 19.1 Å². The second-order valence-corrected chi connectivity index (χ2v) is 7.09. The minimum absolute atomic E-state index is 0.0940. The van der Waals surface area contributed by atoms with Crippen LogP contribution in [0.5, 0.6) is 0 Å². The van der Waals surface area contributed by atoms with E-state index in [0.717, 1.165) is 19.3 Å². The Morgan fingerprint density at radius 3 is 1.95 bits per heavy atom. The largest absolute Gasteiger partial charge is 0.480 e. The summed E-state index contributed by atoms with van der Waals surface area (Å²) in [6.45, 7) is 1.71. The number of carbonyl (C=O) groups is 3. The van der Waals surface area contributed by atoms with Gasteiger partial charge in [0, 0.05) is 5.41 Å². The van der Waals surface area contributed by atoms with E-state index >= 15 is 0 Å². The summed E-state index contributed by atoms with van der Waals surface area (Å²) in [5.41, 5.74) is -0.579. The van der Waals surface area contributed by atoms with Gasteiger partial charge in [-0.15, -0.1) is 0 Å². The standard InChI is InChI=1S/C16H22O5/c1-2-21-15(20)12(14(18)19)13(17)16-6-9-3-10(7-16)5-11(4-9)8-16/h9-12H,2-8H2,1H3,(H,18,19). The highest BCUT2D eigenvalue weighted by atomic mass is 16.5. The number of hydrogen-bond donors (Lipinski definition) is 1. The van der Waals surface area contributed by atoms with Gasteiger partial charge in [0.25, 0.3) is 0 Å². The highest BCUT2D eigenvalue weighted by Crippen LogP contribution is 2.60. The maximum Gasteiger partial charge on any atom is 0.328 e. The Kier molecular flexibility index (Phi) is 3.54. The molecule has 0 aromatic carbocycles. The average molecular weight is 294 g/mol. The van der Waals surface area contributed by atoms with E-state index in [1.807, 2.05) is 0 Å². The van der Waals surface area contributed by atoms with Crippen molar-refractivity contribution in [3.8, 4) is 0 Å². The normalized spacial score (nSPS) is 38.0. The summed E-state index contributed by atoms with van der Waals surface area (Å²) in [6, 6.07) is 0. The highest BCUT2D eigenvalue weighted by Gasteiger charge is 2.57. The maximum absolute atomic E-state index is 12.9. The maximum atomic E-state index is 12.9. The fraction of sp³-hybridized carbons (Fsp3) is 0.812. The van der Waals surface area contributed by atoms with Crippen molar-refractivity contribution in [1.82, 2.24) is 0 Å². The lowest BCUT2D eigenvalue weighted by Gasteiger charge is -2.56. The lowest BCUT2D eigenvalue weighted by molar-refractivity contribution is -0.168. The summed E-state index contributed by atoms with van der Waals surface area (Å²) < 4.78 is 4.81. The van der Waals surface area contributed by atoms with Gasteiger partial charge in [0.1, 0.15) is 0 Å². The number of carbonyl (C=O) groups excluding carboxylic acids is 2. The van der Waals surface area contributed by atoms with E-state index in [9.17, 15) is 19.5 Å². The molecule has 1 N–H and O–H groups in total. The summed E-state index contributed by atoms with van der Waals surface area (Å²) >= 11 is 0. The van der Waals surface area contributed by atoms with Crippen LogP contribution in [0.3, 0.4) is 0 Å². The van der Waals surface area contributed by atoms with Crippen LogP contribution in [0.25, 0.3) is 0 Å². The molecule has 5 nitrogen and oxygen atoms in total. The predicted octanol–water partition coefficient (Wildman–Crippen LogP) is 2.04. The third kappa shape index (κ3) is 2.36. The SMILES string of the molecule is CCOC(=O)C(C(=O)O)C(=O)C12CC3CC(CC(C3)C1)C2. The number of carboxylic acids is 1. The number of ketones is 1. The molecule has 5 heteroatoms. The van der Waals surface area contributed by atoms with Crippen LogP contribution < -0.4 is 0 Å². The van der Waals surface area contributed by atoms with E-state index in [2.05, 4.69) is 0 Å². The van der Waals surface area contributed by atoms with Crippen molar-refractivity contribution in [3.05, 3.63) is 0 Å². The number of aliphatic carboxylic acids is 1. The summed E-state index contributed by atoms with van der Waals surface area (Å²) in [7, 11) is 0. The summed E-state index contributed by atoms with van der Waals surface area (Å²) in [5.74, 6) is -2.68. The first kappa shape index (κ1) is 14.5. The fourth-order valence-electron chi connectivity index (χ4n) is 5.26. The minimum atomic E-state index is -1.64. The molecule has 0 amide bonds. The molecule has 4 aliphatic rings.